The van der Waals surface area contributed by atoms with E-state index in [9.17, 15) is 14.4 Å². The van der Waals surface area contributed by atoms with Crippen LogP contribution in [0, 0.1) is 5.41 Å². The summed E-state index contributed by atoms with van der Waals surface area (Å²) in [6.07, 6.45) is 6.81. The molecule has 0 radical (unpaired) electrons. The largest absolute Gasteiger partial charge is 0.353 e. The smallest absolute Gasteiger partial charge is 0.241 e. The third-order valence-electron chi connectivity index (χ3n) is 5.40. The van der Waals surface area contributed by atoms with Crippen LogP contribution in [0.1, 0.15) is 58.8 Å². The van der Waals surface area contributed by atoms with Crippen molar-refractivity contribution in [3.8, 4) is 0 Å². The molecule has 1 unspecified atom stereocenters. The van der Waals surface area contributed by atoms with E-state index < -0.39 is 0 Å². The van der Waals surface area contributed by atoms with Crippen molar-refractivity contribution in [3.05, 3.63) is 0 Å². The Bertz CT molecular complexity index is 456. The van der Waals surface area contributed by atoms with Gasteiger partial charge in [-0.15, -0.1) is 0 Å². The fraction of sp³-hybridized carbons (Fsp3) is 0.824. The van der Waals surface area contributed by atoms with Gasteiger partial charge in [0.1, 0.15) is 0 Å². The predicted molar refractivity (Wildman–Crippen MR) is 87.6 cm³/mol. The van der Waals surface area contributed by atoms with Crippen LogP contribution in [0.5, 0.6) is 0 Å². The highest BCUT2D eigenvalue weighted by molar-refractivity contribution is 5.84. The summed E-state index contributed by atoms with van der Waals surface area (Å²) in [5.41, 5.74) is 0.146. The fourth-order valence-corrected chi connectivity index (χ4v) is 3.99. The molecule has 1 saturated carbocycles. The second-order valence-corrected chi connectivity index (χ2v) is 6.87. The van der Waals surface area contributed by atoms with E-state index in [-0.39, 0.29) is 35.7 Å². The van der Waals surface area contributed by atoms with E-state index in [2.05, 4.69) is 10.6 Å². The van der Waals surface area contributed by atoms with E-state index in [0.29, 0.717) is 6.42 Å². The van der Waals surface area contributed by atoms with Gasteiger partial charge in [0, 0.05) is 32.5 Å². The Morgan fingerprint density at radius 1 is 1.13 bits per heavy atom. The van der Waals surface area contributed by atoms with Crippen LogP contribution >= 0.6 is 0 Å². The Labute approximate surface area is 138 Å². The lowest BCUT2D eigenvalue weighted by Gasteiger charge is -2.49. The van der Waals surface area contributed by atoms with Gasteiger partial charge >= 0.3 is 0 Å². The topological polar surface area (TPSA) is 78.5 Å². The van der Waals surface area contributed by atoms with Crippen molar-refractivity contribution in [1.29, 1.82) is 0 Å². The molecule has 130 valence electrons. The molecule has 2 aliphatic rings. The van der Waals surface area contributed by atoms with Gasteiger partial charge in [-0.3, -0.25) is 14.4 Å². The monoisotopic (exact) mass is 323 g/mol. The number of likely N-dealkylation sites (tertiary alicyclic amines) is 1. The molecule has 1 aliphatic heterocycles. The first kappa shape index (κ1) is 17.8. The van der Waals surface area contributed by atoms with Gasteiger partial charge in [0.15, 0.2) is 0 Å². The molecular formula is C17H29N3O3. The van der Waals surface area contributed by atoms with Crippen LogP contribution in [0.4, 0.5) is 0 Å². The first-order valence-electron chi connectivity index (χ1n) is 8.78. The molecule has 2 N–H and O–H groups in total. The molecule has 0 aromatic rings. The fourth-order valence-electron chi connectivity index (χ4n) is 3.99. The average Bonchev–Trinajstić information content (AvgIpc) is 2.55. The van der Waals surface area contributed by atoms with E-state index in [4.69, 9.17) is 0 Å². The van der Waals surface area contributed by atoms with Crippen molar-refractivity contribution >= 4 is 17.7 Å². The molecule has 1 spiro atoms. The Morgan fingerprint density at radius 3 is 2.43 bits per heavy atom. The van der Waals surface area contributed by atoms with E-state index in [1.807, 2.05) is 4.90 Å². The highest BCUT2D eigenvalue weighted by atomic mass is 16.2. The number of amides is 3. The van der Waals surface area contributed by atoms with Crippen molar-refractivity contribution in [3.63, 3.8) is 0 Å². The van der Waals surface area contributed by atoms with Gasteiger partial charge in [-0.1, -0.05) is 19.8 Å². The molecule has 6 nitrogen and oxygen atoms in total. The number of piperidine rings is 1. The highest BCUT2D eigenvalue weighted by Crippen LogP contribution is 2.44. The van der Waals surface area contributed by atoms with Gasteiger partial charge in [0.2, 0.25) is 17.7 Å². The van der Waals surface area contributed by atoms with E-state index in [1.165, 1.54) is 12.8 Å². The summed E-state index contributed by atoms with van der Waals surface area (Å²) in [7, 11) is 0. The van der Waals surface area contributed by atoms with E-state index in [1.54, 1.807) is 13.8 Å². The zero-order valence-corrected chi connectivity index (χ0v) is 14.3. The maximum absolute atomic E-state index is 12.2. The lowest BCUT2D eigenvalue weighted by Crippen LogP contribution is -2.55. The third kappa shape index (κ3) is 4.45. The third-order valence-corrected chi connectivity index (χ3v) is 5.40. The predicted octanol–water partition coefficient (Wildman–Crippen LogP) is 1.20. The molecule has 1 aliphatic carbocycles. The number of carbonyl (C=O) groups is 3. The standard InChI is InChI=1S/C17H29N3O3/c1-3-15(22)18-12-16(23)20-10-8-17(9-11-20)7-5-4-6-14(17)19-13(2)21/h14H,3-12H2,1-2H3,(H,18,22)(H,19,21). The second-order valence-electron chi connectivity index (χ2n) is 6.87. The van der Waals surface area contributed by atoms with Gasteiger partial charge in [0.25, 0.3) is 0 Å². The molecular weight excluding hydrogens is 294 g/mol. The number of hydrogen-bond acceptors (Lipinski definition) is 3. The van der Waals surface area contributed by atoms with Gasteiger partial charge in [-0.25, -0.2) is 0 Å². The van der Waals surface area contributed by atoms with Crippen LogP contribution < -0.4 is 10.6 Å². The van der Waals surface area contributed by atoms with Crippen LogP contribution in [-0.2, 0) is 14.4 Å². The Kier molecular flexibility index (Phi) is 6.02. The first-order valence-corrected chi connectivity index (χ1v) is 8.78. The summed E-state index contributed by atoms with van der Waals surface area (Å²) < 4.78 is 0. The van der Waals surface area contributed by atoms with Crippen molar-refractivity contribution in [1.82, 2.24) is 15.5 Å². The van der Waals surface area contributed by atoms with E-state index >= 15 is 0 Å². The van der Waals surface area contributed by atoms with Gasteiger partial charge in [0.05, 0.1) is 6.54 Å². The molecule has 2 rings (SSSR count). The summed E-state index contributed by atoms with van der Waals surface area (Å²) in [4.78, 5) is 36.8. The molecule has 1 saturated heterocycles. The SMILES string of the molecule is CCC(=O)NCC(=O)N1CCC2(CCCCC2NC(C)=O)CC1. The molecule has 1 atom stereocenters. The molecule has 0 aromatic carbocycles. The van der Waals surface area contributed by atoms with Crippen LogP contribution in [0.2, 0.25) is 0 Å². The minimum absolute atomic E-state index is 0.00598. The Morgan fingerprint density at radius 2 is 1.83 bits per heavy atom. The van der Waals surface area contributed by atoms with Crippen molar-refractivity contribution in [2.24, 2.45) is 5.41 Å². The van der Waals surface area contributed by atoms with Crippen molar-refractivity contribution in [2.75, 3.05) is 19.6 Å². The Hall–Kier alpha value is -1.59. The minimum Gasteiger partial charge on any atom is -0.353 e. The summed E-state index contributed by atoms with van der Waals surface area (Å²) in [5, 5.41) is 5.78. The molecule has 0 bridgehead atoms. The maximum Gasteiger partial charge on any atom is 0.241 e. The van der Waals surface area contributed by atoms with Gasteiger partial charge in [-0.05, 0) is 31.1 Å². The molecule has 3 amide bonds. The number of carbonyl (C=O) groups excluding carboxylic acids is 3. The van der Waals surface area contributed by atoms with E-state index in [0.717, 1.165) is 38.8 Å². The van der Waals surface area contributed by atoms with Gasteiger partial charge in [-0.2, -0.15) is 0 Å². The highest BCUT2D eigenvalue weighted by Gasteiger charge is 2.43. The quantitative estimate of drug-likeness (QED) is 0.816. The van der Waals surface area contributed by atoms with Crippen molar-refractivity contribution in [2.45, 2.75) is 64.8 Å². The summed E-state index contributed by atoms with van der Waals surface area (Å²) in [6, 6.07) is 0.241. The van der Waals surface area contributed by atoms with Crippen LogP contribution in [0.15, 0.2) is 0 Å². The van der Waals surface area contributed by atoms with Crippen LogP contribution in [0.25, 0.3) is 0 Å². The average molecular weight is 323 g/mol. The first-order chi connectivity index (χ1) is 11.0. The lowest BCUT2D eigenvalue weighted by molar-refractivity contribution is -0.136. The summed E-state index contributed by atoms with van der Waals surface area (Å²) in [6.45, 7) is 4.88. The molecule has 2 fully saturated rings. The number of hydrogen-bond donors (Lipinski definition) is 2. The molecule has 1 heterocycles. The zero-order valence-electron chi connectivity index (χ0n) is 14.3. The lowest BCUT2D eigenvalue weighted by atomic mass is 9.64. The Balaban J connectivity index is 1.89. The number of nitrogens with one attached hydrogen (secondary N) is 2. The number of nitrogens with zero attached hydrogens (tertiary/aromatic N) is 1. The number of rotatable bonds is 4. The minimum atomic E-state index is -0.0927. The van der Waals surface area contributed by atoms with Crippen molar-refractivity contribution < 1.29 is 14.4 Å². The zero-order chi connectivity index (χ0) is 16.9. The molecule has 6 heteroatoms. The molecule has 23 heavy (non-hydrogen) atoms. The molecule has 0 aromatic heterocycles. The maximum atomic E-state index is 12.2. The second kappa shape index (κ2) is 7.79. The summed E-state index contributed by atoms with van der Waals surface area (Å²) >= 11 is 0. The normalized spacial score (nSPS) is 23.4. The van der Waals surface area contributed by atoms with Gasteiger partial charge < -0.3 is 15.5 Å². The summed E-state index contributed by atoms with van der Waals surface area (Å²) in [5.74, 6) is -0.0598. The van der Waals surface area contributed by atoms with Crippen LogP contribution in [0.3, 0.4) is 0 Å². The van der Waals surface area contributed by atoms with Crippen LogP contribution in [-0.4, -0.2) is 48.3 Å².